The summed E-state index contributed by atoms with van der Waals surface area (Å²) in [5, 5.41) is 11.8. The lowest BCUT2D eigenvalue weighted by Gasteiger charge is -2.37. The SMILES string of the molecule is CC(C)(C)[Si](C)(C)Oc1c(N=C=Nc2cccc(F)c2Br)ccc(Cl)c1S(=O)(=O)NC(=O)C1CCN([O-])CC1. The molecule has 1 aliphatic heterocycles. The topological polar surface area (TPSA) is 123 Å². The number of hydroxylamine groups is 2. The van der Waals surface area contributed by atoms with E-state index < -0.39 is 40.9 Å². The third-order valence-electron chi connectivity index (χ3n) is 6.81. The van der Waals surface area contributed by atoms with Gasteiger partial charge in [-0.3, -0.25) is 4.79 Å². The summed E-state index contributed by atoms with van der Waals surface area (Å²) in [4.78, 5) is 20.7. The molecular formula is C25H30BrClFN4O5SSi-. The lowest BCUT2D eigenvalue weighted by molar-refractivity contribution is -0.124. The van der Waals surface area contributed by atoms with E-state index in [4.69, 9.17) is 16.0 Å². The Bertz CT molecular complexity index is 1420. The molecule has 1 fully saturated rings. The maximum atomic E-state index is 13.9. The molecule has 0 saturated carbocycles. The van der Waals surface area contributed by atoms with E-state index in [1.807, 2.05) is 33.9 Å². The number of hydrogen-bond acceptors (Lipinski definition) is 8. The standard InChI is InChI=1S/C25H30BrClFN4O5SSi/c1-25(2,3)39(4,5)37-22-20(30-15-29-19-8-6-7-18(28)21(19)26)10-9-17(27)23(22)38(35,36)31-24(33)16-11-13-32(34)14-12-16/h6-10,16H,11-14H2,1-5H3,(H,31,33)/q-1. The van der Waals surface area contributed by atoms with Gasteiger partial charge in [0.1, 0.15) is 22.4 Å². The highest BCUT2D eigenvalue weighted by molar-refractivity contribution is 9.10. The van der Waals surface area contributed by atoms with Crippen LogP contribution < -0.4 is 9.15 Å². The van der Waals surface area contributed by atoms with Crippen molar-refractivity contribution in [1.82, 2.24) is 9.79 Å². The molecule has 212 valence electrons. The Labute approximate surface area is 242 Å². The minimum absolute atomic E-state index is 0.0630. The van der Waals surface area contributed by atoms with Crippen molar-refractivity contribution in [3.8, 4) is 5.75 Å². The van der Waals surface area contributed by atoms with Crippen LogP contribution >= 0.6 is 27.5 Å². The van der Waals surface area contributed by atoms with Crippen molar-refractivity contribution in [1.29, 1.82) is 0 Å². The third-order valence-corrected chi connectivity index (χ3v) is 13.8. The number of amides is 1. The lowest BCUT2D eigenvalue weighted by Crippen LogP contribution is -2.45. The van der Waals surface area contributed by atoms with Gasteiger partial charge in [0.25, 0.3) is 18.3 Å². The molecule has 14 heteroatoms. The summed E-state index contributed by atoms with van der Waals surface area (Å²) in [6.07, 6.45) is 0.477. The zero-order chi connectivity index (χ0) is 29.2. The van der Waals surface area contributed by atoms with Crippen molar-refractivity contribution in [2.24, 2.45) is 15.9 Å². The Balaban J connectivity index is 2.10. The average Bonchev–Trinajstić information content (AvgIpc) is 2.82. The second-order valence-electron chi connectivity index (χ2n) is 10.7. The number of aliphatic imine (C=N–C) groups is 2. The number of halogens is 3. The summed E-state index contributed by atoms with van der Waals surface area (Å²) >= 11 is 9.53. The normalized spacial score (nSPS) is 15.4. The lowest BCUT2D eigenvalue weighted by atomic mass is 9.97. The quantitative estimate of drug-likeness (QED) is 0.258. The van der Waals surface area contributed by atoms with Gasteiger partial charge in [-0.1, -0.05) is 38.4 Å². The van der Waals surface area contributed by atoms with Crippen molar-refractivity contribution in [2.45, 2.75) is 56.6 Å². The molecule has 0 radical (unpaired) electrons. The zero-order valence-corrected chi connectivity index (χ0v) is 26.4. The molecule has 0 atom stereocenters. The molecule has 1 saturated heterocycles. The van der Waals surface area contributed by atoms with Crippen LogP contribution in [-0.2, 0) is 14.8 Å². The molecular weight excluding hydrogens is 631 g/mol. The van der Waals surface area contributed by atoms with E-state index in [0.717, 1.165) is 5.06 Å². The Morgan fingerprint density at radius 1 is 1.21 bits per heavy atom. The van der Waals surface area contributed by atoms with E-state index in [9.17, 15) is 22.8 Å². The van der Waals surface area contributed by atoms with Gasteiger partial charge in [-0.05, 0) is 84.3 Å². The highest BCUT2D eigenvalue weighted by Gasteiger charge is 2.41. The molecule has 1 N–H and O–H groups in total. The van der Waals surface area contributed by atoms with Gasteiger partial charge in [0.05, 0.1) is 15.2 Å². The highest BCUT2D eigenvalue weighted by atomic mass is 79.9. The summed E-state index contributed by atoms with van der Waals surface area (Å²) in [6.45, 7) is 10.1. The number of nitrogens with one attached hydrogen (secondary N) is 1. The van der Waals surface area contributed by atoms with Crippen LogP contribution in [0.25, 0.3) is 0 Å². The van der Waals surface area contributed by atoms with Gasteiger partial charge in [0.2, 0.25) is 5.91 Å². The van der Waals surface area contributed by atoms with Gasteiger partial charge < -0.3 is 14.7 Å². The molecule has 1 amide bonds. The maximum absolute atomic E-state index is 13.9. The van der Waals surface area contributed by atoms with E-state index in [0.29, 0.717) is 0 Å². The molecule has 0 aliphatic carbocycles. The van der Waals surface area contributed by atoms with E-state index >= 15 is 0 Å². The van der Waals surface area contributed by atoms with Gasteiger partial charge in [0, 0.05) is 5.92 Å². The molecule has 1 heterocycles. The first-order valence-corrected chi connectivity index (χ1v) is 17.7. The van der Waals surface area contributed by atoms with Crippen molar-refractivity contribution in [3.05, 3.63) is 50.9 Å². The average molecular weight is 661 g/mol. The molecule has 0 unspecified atom stereocenters. The van der Waals surface area contributed by atoms with Crippen LogP contribution in [-0.4, -0.2) is 46.8 Å². The molecule has 3 rings (SSSR count). The first kappa shape index (κ1) is 31.4. The van der Waals surface area contributed by atoms with Crippen LogP contribution in [0.15, 0.2) is 49.7 Å². The molecule has 1 aliphatic rings. The van der Waals surface area contributed by atoms with Crippen LogP contribution in [0.2, 0.25) is 23.2 Å². The summed E-state index contributed by atoms with van der Waals surface area (Å²) in [7, 11) is -7.18. The Morgan fingerprint density at radius 2 is 1.82 bits per heavy atom. The summed E-state index contributed by atoms with van der Waals surface area (Å²) in [5.74, 6) is -2.00. The minimum atomic E-state index is -4.52. The molecule has 2 aromatic rings. The Morgan fingerprint density at radius 3 is 2.44 bits per heavy atom. The van der Waals surface area contributed by atoms with E-state index in [2.05, 4.69) is 36.6 Å². The molecule has 2 aromatic carbocycles. The number of hydrogen-bond donors (Lipinski definition) is 1. The molecule has 9 nitrogen and oxygen atoms in total. The van der Waals surface area contributed by atoms with Crippen molar-refractivity contribution < 1.29 is 22.0 Å². The number of piperidine rings is 1. The molecule has 0 aromatic heterocycles. The fraction of sp³-hybridized carbons (Fsp3) is 0.440. The van der Waals surface area contributed by atoms with Crippen molar-refractivity contribution in [2.75, 3.05) is 13.1 Å². The Hall–Kier alpha value is -2.12. The fourth-order valence-corrected chi connectivity index (χ4v) is 6.62. The highest BCUT2D eigenvalue weighted by Crippen LogP contribution is 2.45. The summed E-state index contributed by atoms with van der Waals surface area (Å²) in [5.41, 5.74) is 0.289. The maximum Gasteiger partial charge on any atom is 0.269 e. The van der Waals surface area contributed by atoms with Gasteiger partial charge in [-0.15, -0.1) is 0 Å². The first-order valence-electron chi connectivity index (χ1n) is 12.1. The fourth-order valence-electron chi connectivity index (χ4n) is 3.47. The first-order chi connectivity index (χ1) is 18.0. The van der Waals surface area contributed by atoms with Crippen LogP contribution in [0.3, 0.4) is 0 Å². The number of carbonyl (C=O) groups is 1. The largest absolute Gasteiger partial charge is 0.785 e. The number of benzene rings is 2. The predicted molar refractivity (Wildman–Crippen MR) is 156 cm³/mol. The number of carbonyl (C=O) groups excluding carboxylic acids is 1. The molecule has 39 heavy (non-hydrogen) atoms. The summed E-state index contributed by atoms with van der Waals surface area (Å²) in [6, 6.07) is 9.55. The van der Waals surface area contributed by atoms with E-state index in [1.165, 1.54) is 24.3 Å². The van der Waals surface area contributed by atoms with Gasteiger partial charge in [0.15, 0.2) is 5.75 Å². The van der Waals surface area contributed by atoms with Crippen molar-refractivity contribution in [3.63, 3.8) is 0 Å². The van der Waals surface area contributed by atoms with Crippen molar-refractivity contribution >= 4 is 69.2 Å². The predicted octanol–water partition coefficient (Wildman–Crippen LogP) is 6.78. The van der Waals surface area contributed by atoms with Gasteiger partial charge in [-0.2, -0.15) is 9.98 Å². The zero-order valence-electron chi connectivity index (χ0n) is 22.2. The third kappa shape index (κ3) is 7.54. The Kier molecular flexibility index (Phi) is 9.80. The minimum Gasteiger partial charge on any atom is -0.785 e. The smallest absolute Gasteiger partial charge is 0.269 e. The second kappa shape index (κ2) is 12.2. The summed E-state index contributed by atoms with van der Waals surface area (Å²) < 4.78 is 49.7. The number of rotatable bonds is 7. The number of sulfonamides is 1. The van der Waals surface area contributed by atoms with Crippen LogP contribution in [0, 0.1) is 16.9 Å². The van der Waals surface area contributed by atoms with Gasteiger partial charge >= 0.3 is 0 Å². The van der Waals surface area contributed by atoms with Gasteiger partial charge in [-0.25, -0.2) is 17.5 Å². The second-order valence-corrected chi connectivity index (χ2v) is 18.2. The molecule has 0 bridgehead atoms. The molecule has 0 spiro atoms. The number of nitrogens with zero attached hydrogens (tertiary/aromatic N) is 3. The van der Waals surface area contributed by atoms with E-state index in [-0.39, 0.29) is 57.6 Å². The van der Waals surface area contributed by atoms with E-state index in [1.54, 1.807) is 6.07 Å². The van der Waals surface area contributed by atoms with Crippen LogP contribution in [0.4, 0.5) is 15.8 Å². The van der Waals surface area contributed by atoms with Crippen LogP contribution in [0.5, 0.6) is 5.75 Å². The monoisotopic (exact) mass is 659 g/mol. The van der Waals surface area contributed by atoms with Crippen LogP contribution in [0.1, 0.15) is 33.6 Å².